The van der Waals surface area contributed by atoms with Gasteiger partial charge in [-0.1, -0.05) is 87.4 Å². The molecule has 3 rings (SSSR count). The Morgan fingerprint density at radius 3 is 1.85 bits per heavy atom. The van der Waals surface area contributed by atoms with Crippen LogP contribution in [0.25, 0.3) is 0 Å². The minimum Gasteiger partial charge on any atom is -0.376 e. The maximum Gasteiger partial charge on any atom is 0.266 e. The standard InChI is InChI=1S/C29H38N4O/c1-3-5-17-31(18-6-4-2)24-27(23-30)29(34)33-21-19-32(20-22-33)28(25-13-9-7-10-14-25)26-15-11-8-12-16-26/h7-16,24,28H,3-6,17-22H2,1-2H3/b27-24-. The summed E-state index contributed by atoms with van der Waals surface area (Å²) in [4.78, 5) is 19.7. The molecule has 0 aromatic heterocycles. The van der Waals surface area contributed by atoms with Gasteiger partial charge in [-0.2, -0.15) is 5.26 Å². The van der Waals surface area contributed by atoms with Crippen LogP contribution in [0.5, 0.6) is 0 Å². The van der Waals surface area contributed by atoms with Crippen molar-refractivity contribution in [3.8, 4) is 6.07 Å². The number of hydrogen-bond acceptors (Lipinski definition) is 4. The Morgan fingerprint density at radius 1 is 0.912 bits per heavy atom. The molecular weight excluding hydrogens is 420 g/mol. The largest absolute Gasteiger partial charge is 0.376 e. The third-order valence-corrected chi connectivity index (χ3v) is 6.46. The fourth-order valence-corrected chi connectivity index (χ4v) is 4.52. The van der Waals surface area contributed by atoms with E-state index in [4.69, 9.17) is 0 Å². The number of piperazine rings is 1. The maximum atomic E-state index is 13.2. The van der Waals surface area contributed by atoms with E-state index < -0.39 is 0 Å². The molecule has 1 fully saturated rings. The average Bonchev–Trinajstić information content (AvgIpc) is 2.90. The third-order valence-electron chi connectivity index (χ3n) is 6.46. The predicted molar refractivity (Wildman–Crippen MR) is 138 cm³/mol. The molecular formula is C29H38N4O. The van der Waals surface area contributed by atoms with E-state index in [1.165, 1.54) is 11.1 Å². The van der Waals surface area contributed by atoms with Gasteiger partial charge in [-0.15, -0.1) is 0 Å². The fraction of sp³-hybridized carbons (Fsp3) is 0.448. The first-order chi connectivity index (χ1) is 16.7. The summed E-state index contributed by atoms with van der Waals surface area (Å²) in [5, 5.41) is 9.76. The topological polar surface area (TPSA) is 50.6 Å². The molecule has 0 atom stereocenters. The molecule has 0 N–H and O–H groups in total. The van der Waals surface area contributed by atoms with Crippen LogP contribution < -0.4 is 0 Å². The van der Waals surface area contributed by atoms with E-state index in [2.05, 4.69) is 78.2 Å². The highest BCUT2D eigenvalue weighted by Gasteiger charge is 2.29. The lowest BCUT2D eigenvalue weighted by atomic mass is 9.96. The van der Waals surface area contributed by atoms with E-state index in [0.29, 0.717) is 13.1 Å². The first-order valence-electron chi connectivity index (χ1n) is 12.7. The van der Waals surface area contributed by atoms with Gasteiger partial charge in [-0.25, -0.2) is 0 Å². The number of hydrogen-bond donors (Lipinski definition) is 0. The normalized spacial score (nSPS) is 14.8. The van der Waals surface area contributed by atoms with Gasteiger partial charge in [0.1, 0.15) is 11.6 Å². The molecule has 5 heteroatoms. The number of rotatable bonds is 11. The number of carbonyl (C=O) groups is 1. The SMILES string of the molecule is CCCCN(/C=C(/C#N)C(=O)N1CCN(C(c2ccccc2)c2ccccc2)CC1)CCCC. The van der Waals surface area contributed by atoms with Gasteiger partial charge in [-0.3, -0.25) is 9.69 Å². The summed E-state index contributed by atoms with van der Waals surface area (Å²) in [6, 6.07) is 23.4. The molecule has 1 aliphatic heterocycles. The van der Waals surface area contributed by atoms with Crippen molar-refractivity contribution >= 4 is 5.91 Å². The number of nitrogens with zero attached hydrogens (tertiary/aromatic N) is 4. The Hall–Kier alpha value is -3.10. The fourth-order valence-electron chi connectivity index (χ4n) is 4.52. The number of benzene rings is 2. The van der Waals surface area contributed by atoms with E-state index in [-0.39, 0.29) is 17.5 Å². The van der Waals surface area contributed by atoms with Crippen molar-refractivity contribution in [1.82, 2.24) is 14.7 Å². The van der Waals surface area contributed by atoms with Crippen molar-refractivity contribution in [1.29, 1.82) is 5.26 Å². The van der Waals surface area contributed by atoms with Crippen LogP contribution in [0.1, 0.15) is 56.7 Å². The molecule has 0 aliphatic carbocycles. The first-order valence-corrected chi connectivity index (χ1v) is 12.7. The number of nitriles is 1. The van der Waals surface area contributed by atoms with E-state index in [9.17, 15) is 10.1 Å². The Morgan fingerprint density at radius 2 is 1.41 bits per heavy atom. The molecule has 0 spiro atoms. The number of unbranched alkanes of at least 4 members (excludes halogenated alkanes) is 2. The van der Waals surface area contributed by atoms with Crippen molar-refractivity contribution in [3.05, 3.63) is 83.6 Å². The second kappa shape index (κ2) is 13.6. The van der Waals surface area contributed by atoms with Crippen molar-refractivity contribution in [2.24, 2.45) is 0 Å². The molecule has 2 aromatic carbocycles. The lowest BCUT2D eigenvalue weighted by Crippen LogP contribution is -2.50. The van der Waals surface area contributed by atoms with Gasteiger partial charge < -0.3 is 9.80 Å². The Labute approximate surface area is 205 Å². The van der Waals surface area contributed by atoms with Crippen LogP contribution in [0.3, 0.4) is 0 Å². The van der Waals surface area contributed by atoms with Gasteiger partial charge >= 0.3 is 0 Å². The van der Waals surface area contributed by atoms with Crippen LogP contribution in [0.4, 0.5) is 0 Å². The molecule has 0 unspecified atom stereocenters. The Balaban J connectivity index is 1.70. The lowest BCUT2D eigenvalue weighted by Gasteiger charge is -2.39. The Bertz CT molecular complexity index is 896. The second-order valence-corrected chi connectivity index (χ2v) is 8.95. The molecule has 5 nitrogen and oxygen atoms in total. The molecule has 1 heterocycles. The molecule has 1 amide bonds. The molecule has 1 saturated heterocycles. The van der Waals surface area contributed by atoms with Gasteiger partial charge in [0.2, 0.25) is 0 Å². The van der Waals surface area contributed by atoms with E-state index >= 15 is 0 Å². The summed E-state index contributed by atoms with van der Waals surface area (Å²) in [7, 11) is 0. The predicted octanol–water partition coefficient (Wildman–Crippen LogP) is 5.23. The highest BCUT2D eigenvalue weighted by Crippen LogP contribution is 2.29. The summed E-state index contributed by atoms with van der Waals surface area (Å²) < 4.78 is 0. The van der Waals surface area contributed by atoms with Crippen molar-refractivity contribution < 1.29 is 4.79 Å². The zero-order chi connectivity index (χ0) is 24.2. The van der Waals surface area contributed by atoms with Crippen LogP contribution in [0, 0.1) is 11.3 Å². The van der Waals surface area contributed by atoms with Crippen LogP contribution in [0.2, 0.25) is 0 Å². The second-order valence-electron chi connectivity index (χ2n) is 8.95. The zero-order valence-electron chi connectivity index (χ0n) is 20.7. The summed E-state index contributed by atoms with van der Waals surface area (Å²) in [5.74, 6) is -0.142. The molecule has 180 valence electrons. The first kappa shape index (κ1) is 25.5. The molecule has 1 aliphatic rings. The smallest absolute Gasteiger partial charge is 0.266 e. The van der Waals surface area contributed by atoms with Gasteiger partial charge in [0, 0.05) is 45.5 Å². The van der Waals surface area contributed by atoms with Crippen LogP contribution in [-0.4, -0.2) is 59.9 Å². The molecule has 0 bridgehead atoms. The highest BCUT2D eigenvalue weighted by molar-refractivity contribution is 5.97. The zero-order valence-corrected chi connectivity index (χ0v) is 20.7. The van der Waals surface area contributed by atoms with Crippen LogP contribution >= 0.6 is 0 Å². The summed E-state index contributed by atoms with van der Waals surface area (Å²) in [6.45, 7) is 8.89. The van der Waals surface area contributed by atoms with Gasteiger partial charge in [0.15, 0.2) is 0 Å². The van der Waals surface area contributed by atoms with E-state index in [1.807, 2.05) is 17.0 Å². The van der Waals surface area contributed by atoms with E-state index in [1.54, 1.807) is 6.20 Å². The molecule has 0 saturated carbocycles. The van der Waals surface area contributed by atoms with Crippen molar-refractivity contribution in [3.63, 3.8) is 0 Å². The molecule has 0 radical (unpaired) electrons. The van der Waals surface area contributed by atoms with Gasteiger partial charge in [0.05, 0.1) is 6.04 Å². The summed E-state index contributed by atoms with van der Waals surface area (Å²) in [5.41, 5.74) is 2.77. The Kier molecular flexibility index (Phi) is 10.2. The summed E-state index contributed by atoms with van der Waals surface area (Å²) in [6.07, 6.45) is 6.12. The van der Waals surface area contributed by atoms with Crippen molar-refractivity contribution in [2.45, 2.75) is 45.6 Å². The minimum absolute atomic E-state index is 0.142. The molecule has 2 aromatic rings. The lowest BCUT2D eigenvalue weighted by molar-refractivity contribution is -0.128. The van der Waals surface area contributed by atoms with Gasteiger partial charge in [-0.05, 0) is 24.0 Å². The summed E-state index contributed by atoms with van der Waals surface area (Å²) >= 11 is 0. The highest BCUT2D eigenvalue weighted by atomic mass is 16.2. The molecule has 34 heavy (non-hydrogen) atoms. The average molecular weight is 459 g/mol. The maximum absolute atomic E-state index is 13.2. The minimum atomic E-state index is -0.142. The number of carbonyl (C=O) groups excluding carboxylic acids is 1. The van der Waals surface area contributed by atoms with E-state index in [0.717, 1.165) is 51.9 Å². The van der Waals surface area contributed by atoms with Gasteiger partial charge in [0.25, 0.3) is 5.91 Å². The van der Waals surface area contributed by atoms with Crippen LogP contribution in [-0.2, 0) is 4.79 Å². The monoisotopic (exact) mass is 458 g/mol. The third kappa shape index (κ3) is 6.95. The quantitative estimate of drug-likeness (QED) is 0.342. The van der Waals surface area contributed by atoms with Crippen molar-refractivity contribution in [2.75, 3.05) is 39.3 Å². The van der Waals surface area contributed by atoms with Crippen LogP contribution in [0.15, 0.2) is 72.4 Å². The number of amides is 1.